The fourth-order valence-electron chi connectivity index (χ4n) is 6.67. The molecule has 0 heterocycles. The van der Waals surface area contributed by atoms with Gasteiger partial charge in [0.25, 0.3) is 0 Å². The lowest BCUT2D eigenvalue weighted by Crippen LogP contribution is -2.32. The number of rotatable bonds is 19. The molecule has 0 saturated heterocycles. The molecule has 0 bridgehead atoms. The minimum Gasteiger partial charge on any atom is -0.0654 e. The highest BCUT2D eigenvalue weighted by Gasteiger charge is 2.38. The molecule has 0 aromatic heterocycles. The molecule has 0 radical (unpaired) electrons. The molecule has 0 amide bonds. The summed E-state index contributed by atoms with van der Waals surface area (Å²) in [5.41, 5.74) is 0.695. The molecule has 180 valence electrons. The number of hydrogen-bond donors (Lipinski definition) is 0. The Morgan fingerprint density at radius 2 is 1.03 bits per heavy atom. The zero-order chi connectivity index (χ0) is 22.1. The van der Waals surface area contributed by atoms with Crippen LogP contribution in [0.2, 0.25) is 0 Å². The Balaban J connectivity index is 2.83. The first-order valence-corrected chi connectivity index (χ1v) is 14.6. The van der Waals surface area contributed by atoms with E-state index in [9.17, 15) is 0 Å². The van der Waals surface area contributed by atoms with Crippen LogP contribution in [0.15, 0.2) is 0 Å². The second-order valence-corrected chi connectivity index (χ2v) is 11.3. The molecular formula is C30H60. The first kappa shape index (κ1) is 28.0. The summed E-state index contributed by atoms with van der Waals surface area (Å²) in [6.07, 6.45) is 31.1. The molecule has 1 rings (SSSR count). The van der Waals surface area contributed by atoms with Crippen molar-refractivity contribution in [3.63, 3.8) is 0 Å². The Morgan fingerprint density at radius 3 is 1.43 bits per heavy atom. The Labute approximate surface area is 192 Å². The van der Waals surface area contributed by atoms with Crippen molar-refractivity contribution in [1.29, 1.82) is 0 Å². The second kappa shape index (κ2) is 17.5. The smallest absolute Gasteiger partial charge is 0.0292 e. The first-order chi connectivity index (χ1) is 14.6. The lowest BCUT2D eigenvalue weighted by molar-refractivity contribution is 0.0683. The maximum atomic E-state index is 2.42. The van der Waals surface area contributed by atoms with Gasteiger partial charge in [-0.1, -0.05) is 131 Å². The van der Waals surface area contributed by atoms with E-state index in [0.29, 0.717) is 5.41 Å². The van der Waals surface area contributed by atoms with Gasteiger partial charge in [0.2, 0.25) is 0 Å². The van der Waals surface area contributed by atoms with Gasteiger partial charge in [-0.05, 0) is 61.7 Å². The molecule has 2 unspecified atom stereocenters. The van der Waals surface area contributed by atoms with E-state index in [4.69, 9.17) is 0 Å². The molecule has 0 spiro atoms. The Hall–Kier alpha value is 0. The van der Waals surface area contributed by atoms with E-state index in [0.717, 1.165) is 17.8 Å². The van der Waals surface area contributed by atoms with Gasteiger partial charge in [-0.25, -0.2) is 0 Å². The number of hydrogen-bond acceptors (Lipinski definition) is 0. The molecule has 1 aliphatic carbocycles. The van der Waals surface area contributed by atoms with Gasteiger partial charge in [-0.2, -0.15) is 0 Å². The highest BCUT2D eigenvalue weighted by atomic mass is 14.4. The fraction of sp³-hybridized carbons (Fsp3) is 1.00. The number of unbranched alkanes of at least 4 members (excludes halogenated alkanes) is 5. The monoisotopic (exact) mass is 420 g/mol. The molecule has 1 saturated carbocycles. The van der Waals surface area contributed by atoms with Crippen LogP contribution >= 0.6 is 0 Å². The van der Waals surface area contributed by atoms with Gasteiger partial charge >= 0.3 is 0 Å². The van der Waals surface area contributed by atoms with E-state index in [2.05, 4.69) is 34.6 Å². The first-order valence-electron chi connectivity index (χ1n) is 14.6. The van der Waals surface area contributed by atoms with Crippen LogP contribution in [-0.2, 0) is 0 Å². The van der Waals surface area contributed by atoms with Crippen LogP contribution in [0.3, 0.4) is 0 Å². The SMILES string of the molecule is CCCCCC(CCC)CC1(CC(CCC)CCCCC)CCC(CCCC)CC1. The lowest BCUT2D eigenvalue weighted by Gasteiger charge is -2.45. The molecule has 1 fully saturated rings. The topological polar surface area (TPSA) is 0 Å². The largest absolute Gasteiger partial charge is 0.0654 e. The van der Waals surface area contributed by atoms with E-state index >= 15 is 0 Å². The third-order valence-corrected chi connectivity index (χ3v) is 8.40. The summed E-state index contributed by atoms with van der Waals surface area (Å²) in [5, 5.41) is 0. The predicted octanol–water partition coefficient (Wildman–Crippen LogP) is 11.1. The van der Waals surface area contributed by atoms with E-state index < -0.39 is 0 Å². The predicted molar refractivity (Wildman–Crippen MR) is 138 cm³/mol. The van der Waals surface area contributed by atoms with Crippen LogP contribution in [0, 0.1) is 23.2 Å². The molecule has 0 aromatic rings. The van der Waals surface area contributed by atoms with Crippen molar-refractivity contribution < 1.29 is 0 Å². The molecule has 0 N–H and O–H groups in total. The van der Waals surface area contributed by atoms with Crippen LogP contribution in [-0.4, -0.2) is 0 Å². The fourth-order valence-corrected chi connectivity index (χ4v) is 6.67. The van der Waals surface area contributed by atoms with Gasteiger partial charge in [0.05, 0.1) is 0 Å². The minimum absolute atomic E-state index is 0.695. The summed E-state index contributed by atoms with van der Waals surface area (Å²) in [5.74, 6) is 3.06. The van der Waals surface area contributed by atoms with E-state index in [1.807, 2.05) is 0 Å². The van der Waals surface area contributed by atoms with Crippen molar-refractivity contribution in [3.05, 3.63) is 0 Å². The molecular weight excluding hydrogens is 360 g/mol. The molecule has 0 aliphatic heterocycles. The highest BCUT2D eigenvalue weighted by molar-refractivity contribution is 4.89. The Morgan fingerprint density at radius 1 is 0.567 bits per heavy atom. The van der Waals surface area contributed by atoms with Crippen molar-refractivity contribution in [2.45, 2.75) is 169 Å². The minimum atomic E-state index is 0.695. The second-order valence-electron chi connectivity index (χ2n) is 11.3. The van der Waals surface area contributed by atoms with Gasteiger partial charge < -0.3 is 0 Å². The molecule has 0 heteroatoms. The maximum absolute atomic E-state index is 2.42. The van der Waals surface area contributed by atoms with E-state index in [1.165, 1.54) is 96.3 Å². The van der Waals surface area contributed by atoms with Gasteiger partial charge in [0.15, 0.2) is 0 Å². The molecule has 2 atom stereocenters. The quantitative estimate of drug-likeness (QED) is 0.182. The average molecular weight is 421 g/mol. The van der Waals surface area contributed by atoms with Crippen LogP contribution < -0.4 is 0 Å². The average Bonchev–Trinajstić information content (AvgIpc) is 2.74. The molecule has 30 heavy (non-hydrogen) atoms. The van der Waals surface area contributed by atoms with E-state index in [-0.39, 0.29) is 0 Å². The van der Waals surface area contributed by atoms with Crippen molar-refractivity contribution in [1.82, 2.24) is 0 Å². The normalized spacial score (nSPS) is 24.1. The summed E-state index contributed by atoms with van der Waals surface area (Å²) >= 11 is 0. The van der Waals surface area contributed by atoms with Gasteiger partial charge in [0.1, 0.15) is 0 Å². The van der Waals surface area contributed by atoms with Crippen LogP contribution in [0.1, 0.15) is 169 Å². The summed E-state index contributed by atoms with van der Waals surface area (Å²) in [6.45, 7) is 11.9. The maximum Gasteiger partial charge on any atom is -0.0292 e. The summed E-state index contributed by atoms with van der Waals surface area (Å²) < 4.78 is 0. The third kappa shape index (κ3) is 11.6. The van der Waals surface area contributed by atoms with Crippen molar-refractivity contribution >= 4 is 0 Å². The van der Waals surface area contributed by atoms with Crippen molar-refractivity contribution in [2.24, 2.45) is 23.2 Å². The zero-order valence-corrected chi connectivity index (χ0v) is 22.1. The summed E-state index contributed by atoms with van der Waals surface area (Å²) in [7, 11) is 0. The zero-order valence-electron chi connectivity index (χ0n) is 22.1. The van der Waals surface area contributed by atoms with Crippen molar-refractivity contribution in [3.8, 4) is 0 Å². The third-order valence-electron chi connectivity index (χ3n) is 8.40. The Bertz CT molecular complexity index is 338. The van der Waals surface area contributed by atoms with Crippen LogP contribution in [0.25, 0.3) is 0 Å². The lowest BCUT2D eigenvalue weighted by atomic mass is 9.61. The molecule has 0 aromatic carbocycles. The van der Waals surface area contributed by atoms with Crippen LogP contribution in [0.5, 0.6) is 0 Å². The summed E-state index contributed by atoms with van der Waals surface area (Å²) in [4.78, 5) is 0. The molecule has 0 nitrogen and oxygen atoms in total. The van der Waals surface area contributed by atoms with Crippen molar-refractivity contribution in [2.75, 3.05) is 0 Å². The van der Waals surface area contributed by atoms with Crippen LogP contribution in [0.4, 0.5) is 0 Å². The standard InChI is InChI=1S/C30H60/c1-6-11-14-19-28(16-9-4)25-30(23-21-27(22-24-30)18-13-8-3)26-29(17-10-5)20-15-12-7-2/h27-29H,6-26H2,1-5H3. The molecule has 1 aliphatic rings. The van der Waals surface area contributed by atoms with E-state index in [1.54, 1.807) is 38.5 Å². The summed E-state index contributed by atoms with van der Waals surface area (Å²) in [6, 6.07) is 0. The van der Waals surface area contributed by atoms with Gasteiger partial charge in [-0.15, -0.1) is 0 Å². The Kier molecular flexibility index (Phi) is 16.4. The van der Waals surface area contributed by atoms with Gasteiger partial charge in [-0.3, -0.25) is 0 Å². The highest BCUT2D eigenvalue weighted by Crippen LogP contribution is 2.50. The van der Waals surface area contributed by atoms with Gasteiger partial charge in [0, 0.05) is 0 Å².